The predicted octanol–water partition coefficient (Wildman–Crippen LogP) is 1.76. The van der Waals surface area contributed by atoms with Gasteiger partial charge < -0.3 is 11.1 Å². The molecule has 1 rings (SSSR count). The Morgan fingerprint density at radius 1 is 1.50 bits per heavy atom. The van der Waals surface area contributed by atoms with Gasteiger partial charge >= 0.3 is 0 Å². The van der Waals surface area contributed by atoms with Crippen LogP contribution in [0.1, 0.15) is 40.0 Å². The first kappa shape index (κ1) is 13.8. The molecule has 0 aromatic heterocycles. The first-order valence-corrected chi connectivity index (χ1v) is 7.27. The molecule has 16 heavy (non-hydrogen) atoms. The van der Waals surface area contributed by atoms with Crippen LogP contribution in [0.5, 0.6) is 0 Å². The lowest BCUT2D eigenvalue weighted by molar-refractivity contribution is -0.123. The average molecular weight is 244 g/mol. The van der Waals surface area contributed by atoms with Crippen LogP contribution in [-0.4, -0.2) is 29.0 Å². The minimum absolute atomic E-state index is 0.0159. The number of carbonyl (C=O) groups is 1. The van der Waals surface area contributed by atoms with Crippen molar-refractivity contribution in [3.8, 4) is 0 Å². The van der Waals surface area contributed by atoms with E-state index in [0.717, 1.165) is 23.8 Å². The second-order valence-corrected chi connectivity index (χ2v) is 6.44. The molecule has 0 aromatic rings. The van der Waals surface area contributed by atoms with Crippen molar-refractivity contribution in [2.75, 3.05) is 5.75 Å². The first-order valence-electron chi connectivity index (χ1n) is 6.22. The smallest absolute Gasteiger partial charge is 0.237 e. The molecule has 0 heterocycles. The van der Waals surface area contributed by atoms with Gasteiger partial charge in [0.1, 0.15) is 0 Å². The molecule has 0 aliphatic heterocycles. The Hall–Kier alpha value is -0.220. The van der Waals surface area contributed by atoms with Crippen LogP contribution in [0.3, 0.4) is 0 Å². The van der Waals surface area contributed by atoms with E-state index in [4.69, 9.17) is 5.73 Å². The molecule has 1 amide bonds. The number of hydrogen-bond donors (Lipinski definition) is 2. The van der Waals surface area contributed by atoms with Gasteiger partial charge in [0, 0.05) is 11.3 Å². The Kier molecular flexibility index (Phi) is 5.62. The highest BCUT2D eigenvalue weighted by atomic mass is 32.2. The van der Waals surface area contributed by atoms with Gasteiger partial charge in [0.2, 0.25) is 5.91 Å². The molecule has 4 heteroatoms. The molecule has 0 saturated heterocycles. The molecule has 2 unspecified atom stereocenters. The Balaban J connectivity index is 2.31. The second-order valence-electron chi connectivity index (χ2n) is 4.87. The lowest BCUT2D eigenvalue weighted by Crippen LogP contribution is -2.47. The number of rotatable bonds is 5. The van der Waals surface area contributed by atoms with Crippen LogP contribution in [0.2, 0.25) is 0 Å². The summed E-state index contributed by atoms with van der Waals surface area (Å²) < 4.78 is 0. The van der Waals surface area contributed by atoms with Crippen molar-refractivity contribution in [3.05, 3.63) is 0 Å². The largest absolute Gasteiger partial charge is 0.352 e. The quantitative estimate of drug-likeness (QED) is 0.775. The van der Waals surface area contributed by atoms with Crippen LogP contribution < -0.4 is 11.1 Å². The lowest BCUT2D eigenvalue weighted by atomic mass is 10.0. The summed E-state index contributed by atoms with van der Waals surface area (Å²) in [7, 11) is 0. The predicted molar refractivity (Wildman–Crippen MR) is 70.5 cm³/mol. The minimum atomic E-state index is -0.363. The summed E-state index contributed by atoms with van der Waals surface area (Å²) in [5, 5.41) is 3.80. The zero-order valence-electron chi connectivity index (χ0n) is 10.5. The summed E-state index contributed by atoms with van der Waals surface area (Å²) in [5.74, 6) is 1.39. The molecule has 3 atom stereocenters. The van der Waals surface area contributed by atoms with Crippen LogP contribution in [0.25, 0.3) is 0 Å². The molecular formula is C12H24N2OS. The molecule has 94 valence electrons. The van der Waals surface area contributed by atoms with Crippen LogP contribution >= 0.6 is 11.8 Å². The van der Waals surface area contributed by atoms with E-state index in [1.807, 2.05) is 25.6 Å². The highest BCUT2D eigenvalue weighted by Gasteiger charge is 2.27. The molecule has 1 saturated carbocycles. The van der Waals surface area contributed by atoms with E-state index in [1.54, 1.807) is 0 Å². The lowest BCUT2D eigenvalue weighted by Gasteiger charge is -2.19. The highest BCUT2D eigenvalue weighted by Crippen LogP contribution is 2.29. The Bertz CT molecular complexity index is 233. The summed E-state index contributed by atoms with van der Waals surface area (Å²) >= 11 is 2.00. The van der Waals surface area contributed by atoms with Gasteiger partial charge in [0.15, 0.2) is 0 Å². The van der Waals surface area contributed by atoms with Crippen LogP contribution in [0, 0.1) is 5.92 Å². The molecule has 3 N–H and O–H groups in total. The number of nitrogens with one attached hydrogen (secondary N) is 1. The third-order valence-electron chi connectivity index (χ3n) is 3.15. The van der Waals surface area contributed by atoms with E-state index in [-0.39, 0.29) is 17.9 Å². The topological polar surface area (TPSA) is 55.1 Å². The van der Waals surface area contributed by atoms with Gasteiger partial charge in [0.05, 0.1) is 6.04 Å². The highest BCUT2D eigenvalue weighted by molar-refractivity contribution is 7.99. The van der Waals surface area contributed by atoms with Crippen molar-refractivity contribution in [1.29, 1.82) is 0 Å². The Labute approximate surface area is 103 Å². The zero-order chi connectivity index (χ0) is 12.1. The molecule has 0 spiro atoms. The van der Waals surface area contributed by atoms with Crippen LogP contribution in [0.4, 0.5) is 0 Å². The molecule has 0 radical (unpaired) electrons. The standard InChI is InChI=1S/C12H24N2OS/c1-4-16-10-6-5-9(7-10)14-12(15)11(13)8(2)3/h8-11H,4-7,13H2,1-3H3,(H,14,15)/t9?,10?,11-/m1/s1. The molecule has 0 bridgehead atoms. The molecule has 3 nitrogen and oxygen atoms in total. The number of carbonyl (C=O) groups excluding carboxylic acids is 1. The van der Waals surface area contributed by atoms with E-state index in [2.05, 4.69) is 12.2 Å². The molecule has 1 aliphatic rings. The summed E-state index contributed by atoms with van der Waals surface area (Å²) in [6.07, 6.45) is 3.43. The number of hydrogen-bond acceptors (Lipinski definition) is 3. The third-order valence-corrected chi connectivity index (χ3v) is 4.39. The van der Waals surface area contributed by atoms with Gasteiger partial charge in [-0.1, -0.05) is 20.8 Å². The summed E-state index contributed by atoms with van der Waals surface area (Å²) in [6, 6.07) is -0.0146. The number of amides is 1. The minimum Gasteiger partial charge on any atom is -0.352 e. The van der Waals surface area contributed by atoms with Gasteiger partial charge in [-0.25, -0.2) is 0 Å². The molecular weight excluding hydrogens is 220 g/mol. The fourth-order valence-electron chi connectivity index (χ4n) is 2.06. The van der Waals surface area contributed by atoms with E-state index >= 15 is 0 Å². The van der Waals surface area contributed by atoms with Gasteiger partial charge in [-0.3, -0.25) is 4.79 Å². The van der Waals surface area contributed by atoms with Crippen LogP contribution in [-0.2, 0) is 4.79 Å². The van der Waals surface area contributed by atoms with E-state index in [1.165, 1.54) is 6.42 Å². The second kappa shape index (κ2) is 6.50. The van der Waals surface area contributed by atoms with Crippen molar-refractivity contribution >= 4 is 17.7 Å². The fourth-order valence-corrected chi connectivity index (χ4v) is 3.20. The van der Waals surface area contributed by atoms with Crippen molar-refractivity contribution in [2.24, 2.45) is 11.7 Å². The normalized spacial score (nSPS) is 27.1. The van der Waals surface area contributed by atoms with Crippen molar-refractivity contribution in [2.45, 2.75) is 57.4 Å². The van der Waals surface area contributed by atoms with Gasteiger partial charge in [0.25, 0.3) is 0 Å². The van der Waals surface area contributed by atoms with Gasteiger partial charge in [-0.05, 0) is 30.9 Å². The maximum atomic E-state index is 11.8. The Morgan fingerprint density at radius 3 is 2.75 bits per heavy atom. The van der Waals surface area contributed by atoms with Gasteiger partial charge in [-0.2, -0.15) is 11.8 Å². The van der Waals surface area contributed by atoms with E-state index < -0.39 is 0 Å². The number of thioether (sulfide) groups is 1. The average Bonchev–Trinajstić information content (AvgIpc) is 2.65. The molecule has 1 aliphatic carbocycles. The summed E-state index contributed by atoms with van der Waals surface area (Å²) in [5.41, 5.74) is 5.81. The van der Waals surface area contributed by atoms with Crippen molar-refractivity contribution < 1.29 is 4.79 Å². The maximum absolute atomic E-state index is 11.8. The number of nitrogens with two attached hydrogens (primary N) is 1. The Morgan fingerprint density at radius 2 is 2.19 bits per heavy atom. The van der Waals surface area contributed by atoms with E-state index in [0.29, 0.717) is 6.04 Å². The summed E-state index contributed by atoms with van der Waals surface area (Å²) in [4.78, 5) is 11.8. The monoisotopic (exact) mass is 244 g/mol. The molecule has 1 fully saturated rings. The summed E-state index contributed by atoms with van der Waals surface area (Å²) in [6.45, 7) is 6.15. The SMILES string of the molecule is CCSC1CCC(NC(=O)[C@H](N)C(C)C)C1. The van der Waals surface area contributed by atoms with Crippen molar-refractivity contribution in [3.63, 3.8) is 0 Å². The zero-order valence-corrected chi connectivity index (χ0v) is 11.3. The molecule has 0 aromatic carbocycles. The van der Waals surface area contributed by atoms with Gasteiger partial charge in [-0.15, -0.1) is 0 Å². The van der Waals surface area contributed by atoms with E-state index in [9.17, 15) is 4.79 Å². The van der Waals surface area contributed by atoms with Crippen molar-refractivity contribution in [1.82, 2.24) is 5.32 Å². The maximum Gasteiger partial charge on any atom is 0.237 e. The third kappa shape index (κ3) is 3.98. The van der Waals surface area contributed by atoms with Crippen LogP contribution in [0.15, 0.2) is 0 Å². The fraction of sp³-hybridized carbons (Fsp3) is 0.917. The first-order chi connectivity index (χ1) is 7.54.